The van der Waals surface area contributed by atoms with E-state index in [1.807, 2.05) is 36.9 Å². The van der Waals surface area contributed by atoms with Crippen molar-refractivity contribution in [1.82, 2.24) is 5.32 Å². The second kappa shape index (κ2) is 7.50. The molecular weight excluding hydrogens is 308 g/mol. The summed E-state index contributed by atoms with van der Waals surface area (Å²) >= 11 is 3.43. The third-order valence-electron chi connectivity index (χ3n) is 2.87. The Bertz CT molecular complexity index is 435. The molecule has 1 rings (SSSR count). The zero-order valence-corrected chi connectivity index (χ0v) is 13.2. The fourth-order valence-electron chi connectivity index (χ4n) is 1.94. The monoisotopic (exact) mass is 328 g/mol. The van der Waals surface area contributed by atoms with Gasteiger partial charge in [0.25, 0.3) is 0 Å². The molecule has 1 aromatic carbocycles. The first kappa shape index (κ1) is 16.0. The molecule has 0 saturated carbocycles. The second-order valence-corrected chi connectivity index (χ2v) is 5.26. The van der Waals surface area contributed by atoms with Gasteiger partial charge < -0.3 is 15.3 Å². The van der Waals surface area contributed by atoms with E-state index in [0.29, 0.717) is 19.6 Å². The number of amides is 1. The Hall–Kier alpha value is -1.07. The second-order valence-electron chi connectivity index (χ2n) is 4.35. The predicted molar refractivity (Wildman–Crippen MR) is 81.3 cm³/mol. The smallest absolute Gasteiger partial charge is 0.239 e. The van der Waals surface area contributed by atoms with Gasteiger partial charge in [-0.3, -0.25) is 4.79 Å². The first-order valence-corrected chi connectivity index (χ1v) is 7.28. The van der Waals surface area contributed by atoms with E-state index in [2.05, 4.69) is 21.2 Å². The Morgan fingerprint density at radius 3 is 2.68 bits per heavy atom. The SMILES string of the molecule is CCNC(=O)CN(CC)c1cc(Br)ccc1C(C)O. The third-order valence-corrected chi connectivity index (χ3v) is 3.37. The van der Waals surface area contributed by atoms with Gasteiger partial charge in [-0.25, -0.2) is 0 Å². The lowest BCUT2D eigenvalue weighted by Crippen LogP contribution is -2.37. The summed E-state index contributed by atoms with van der Waals surface area (Å²) in [5, 5.41) is 12.6. The summed E-state index contributed by atoms with van der Waals surface area (Å²) in [7, 11) is 0. The minimum atomic E-state index is -0.564. The molecule has 2 N–H and O–H groups in total. The highest BCUT2D eigenvalue weighted by Crippen LogP contribution is 2.29. The van der Waals surface area contributed by atoms with E-state index in [4.69, 9.17) is 0 Å². The number of hydrogen-bond donors (Lipinski definition) is 2. The number of aliphatic hydroxyl groups excluding tert-OH is 1. The van der Waals surface area contributed by atoms with Gasteiger partial charge in [0, 0.05) is 28.8 Å². The molecule has 1 atom stereocenters. The van der Waals surface area contributed by atoms with E-state index in [1.54, 1.807) is 6.92 Å². The van der Waals surface area contributed by atoms with E-state index in [1.165, 1.54) is 0 Å². The topological polar surface area (TPSA) is 52.6 Å². The molecular formula is C14H21BrN2O2. The number of benzene rings is 1. The predicted octanol–water partition coefficient (Wildman–Crippen LogP) is 2.46. The van der Waals surface area contributed by atoms with Crippen molar-refractivity contribution in [3.8, 4) is 0 Å². The molecule has 0 spiro atoms. The molecule has 0 saturated heterocycles. The molecule has 0 fully saturated rings. The molecule has 0 radical (unpaired) electrons. The number of halogens is 1. The number of hydrogen-bond acceptors (Lipinski definition) is 3. The number of aliphatic hydroxyl groups is 1. The van der Waals surface area contributed by atoms with E-state index < -0.39 is 6.10 Å². The van der Waals surface area contributed by atoms with Crippen LogP contribution in [0.1, 0.15) is 32.4 Å². The minimum Gasteiger partial charge on any atom is -0.389 e. The Morgan fingerprint density at radius 2 is 2.16 bits per heavy atom. The van der Waals surface area contributed by atoms with Crippen LogP contribution in [0.15, 0.2) is 22.7 Å². The molecule has 0 aliphatic heterocycles. The van der Waals surface area contributed by atoms with E-state index in [0.717, 1.165) is 15.7 Å². The van der Waals surface area contributed by atoms with Crippen molar-refractivity contribution in [3.05, 3.63) is 28.2 Å². The molecule has 0 aliphatic rings. The van der Waals surface area contributed by atoms with Gasteiger partial charge >= 0.3 is 0 Å². The number of nitrogens with one attached hydrogen (secondary N) is 1. The van der Waals surface area contributed by atoms with Gasteiger partial charge in [0.1, 0.15) is 0 Å². The molecule has 19 heavy (non-hydrogen) atoms. The van der Waals surface area contributed by atoms with Crippen LogP contribution < -0.4 is 10.2 Å². The van der Waals surface area contributed by atoms with Gasteiger partial charge in [-0.15, -0.1) is 0 Å². The summed E-state index contributed by atoms with van der Waals surface area (Å²) in [5.41, 5.74) is 1.72. The van der Waals surface area contributed by atoms with Crippen LogP contribution in [-0.4, -0.2) is 30.6 Å². The highest BCUT2D eigenvalue weighted by atomic mass is 79.9. The number of anilines is 1. The third kappa shape index (κ3) is 4.51. The number of carbonyl (C=O) groups excluding carboxylic acids is 1. The van der Waals surface area contributed by atoms with Gasteiger partial charge in [-0.05, 0) is 32.9 Å². The summed E-state index contributed by atoms with van der Waals surface area (Å²) in [6.07, 6.45) is -0.564. The first-order chi connectivity index (χ1) is 8.99. The maximum Gasteiger partial charge on any atom is 0.239 e. The van der Waals surface area contributed by atoms with E-state index in [9.17, 15) is 9.90 Å². The Morgan fingerprint density at radius 1 is 1.47 bits per heavy atom. The summed E-state index contributed by atoms with van der Waals surface area (Å²) in [5.74, 6) is -0.0131. The molecule has 1 aromatic rings. The molecule has 1 amide bonds. The van der Waals surface area contributed by atoms with Crippen LogP contribution in [0.25, 0.3) is 0 Å². The van der Waals surface area contributed by atoms with Gasteiger partial charge in [-0.2, -0.15) is 0 Å². The minimum absolute atomic E-state index is 0.0131. The van der Waals surface area contributed by atoms with Crippen LogP contribution in [0.3, 0.4) is 0 Å². The van der Waals surface area contributed by atoms with Crippen LogP contribution in [0.5, 0.6) is 0 Å². The van der Waals surface area contributed by atoms with Crippen molar-refractivity contribution in [1.29, 1.82) is 0 Å². The summed E-state index contributed by atoms with van der Waals surface area (Å²) in [6.45, 7) is 7.24. The van der Waals surface area contributed by atoms with Crippen molar-refractivity contribution < 1.29 is 9.90 Å². The molecule has 106 valence electrons. The Labute approximate surface area is 122 Å². The first-order valence-electron chi connectivity index (χ1n) is 6.48. The van der Waals surface area contributed by atoms with E-state index in [-0.39, 0.29) is 5.91 Å². The van der Waals surface area contributed by atoms with Gasteiger partial charge in [-0.1, -0.05) is 22.0 Å². The maximum atomic E-state index is 11.7. The van der Waals surface area contributed by atoms with Crippen LogP contribution in [0.4, 0.5) is 5.69 Å². The fourth-order valence-corrected chi connectivity index (χ4v) is 2.29. The van der Waals surface area contributed by atoms with Crippen molar-refractivity contribution in [2.45, 2.75) is 26.9 Å². The lowest BCUT2D eigenvalue weighted by molar-refractivity contribution is -0.119. The molecule has 0 aromatic heterocycles. The van der Waals surface area contributed by atoms with Crippen molar-refractivity contribution >= 4 is 27.5 Å². The molecule has 0 heterocycles. The quantitative estimate of drug-likeness (QED) is 0.843. The Balaban J connectivity index is 3.02. The molecule has 5 heteroatoms. The highest BCUT2D eigenvalue weighted by Gasteiger charge is 2.16. The fraction of sp³-hybridized carbons (Fsp3) is 0.500. The highest BCUT2D eigenvalue weighted by molar-refractivity contribution is 9.10. The van der Waals surface area contributed by atoms with Crippen molar-refractivity contribution in [2.24, 2.45) is 0 Å². The van der Waals surface area contributed by atoms with Crippen LogP contribution in [0, 0.1) is 0 Å². The molecule has 4 nitrogen and oxygen atoms in total. The average molecular weight is 329 g/mol. The number of nitrogens with zero attached hydrogens (tertiary/aromatic N) is 1. The van der Waals surface area contributed by atoms with Gasteiger partial charge in [0.05, 0.1) is 12.6 Å². The largest absolute Gasteiger partial charge is 0.389 e. The average Bonchev–Trinajstić information content (AvgIpc) is 2.35. The molecule has 1 unspecified atom stereocenters. The van der Waals surface area contributed by atoms with Crippen LogP contribution in [-0.2, 0) is 4.79 Å². The van der Waals surface area contributed by atoms with Crippen molar-refractivity contribution in [2.75, 3.05) is 24.5 Å². The molecule has 0 aliphatic carbocycles. The lowest BCUT2D eigenvalue weighted by atomic mass is 10.1. The summed E-state index contributed by atoms with van der Waals surface area (Å²) < 4.78 is 0.932. The number of likely N-dealkylation sites (N-methyl/N-ethyl adjacent to an activating group) is 2. The molecule has 0 bridgehead atoms. The normalized spacial score (nSPS) is 12.1. The van der Waals surface area contributed by atoms with Crippen LogP contribution in [0.2, 0.25) is 0 Å². The van der Waals surface area contributed by atoms with Crippen molar-refractivity contribution in [3.63, 3.8) is 0 Å². The summed E-state index contributed by atoms with van der Waals surface area (Å²) in [6, 6.07) is 5.71. The van der Waals surface area contributed by atoms with Crippen LogP contribution >= 0.6 is 15.9 Å². The summed E-state index contributed by atoms with van der Waals surface area (Å²) in [4.78, 5) is 13.7. The Kier molecular flexibility index (Phi) is 6.31. The van der Waals surface area contributed by atoms with Gasteiger partial charge in [0.15, 0.2) is 0 Å². The maximum absolute atomic E-state index is 11.7. The zero-order valence-electron chi connectivity index (χ0n) is 11.6. The van der Waals surface area contributed by atoms with E-state index >= 15 is 0 Å². The van der Waals surface area contributed by atoms with Gasteiger partial charge in [0.2, 0.25) is 5.91 Å². The zero-order chi connectivity index (χ0) is 14.4. The number of carbonyl (C=O) groups is 1. The standard InChI is InChI=1S/C14H21BrN2O2/c1-4-16-14(19)9-17(5-2)13-8-11(15)6-7-12(13)10(3)18/h6-8,10,18H,4-5,9H2,1-3H3,(H,16,19). The number of rotatable bonds is 6. The lowest BCUT2D eigenvalue weighted by Gasteiger charge is -2.26.